The minimum Gasteiger partial charge on any atom is -0.487 e. The maximum atomic E-state index is 13.9. The topological polar surface area (TPSA) is 91.8 Å². The predicted molar refractivity (Wildman–Crippen MR) is 179 cm³/mol. The minimum absolute atomic E-state index is 0.194. The zero-order chi connectivity index (χ0) is 31.9. The number of nitrogens with one attached hydrogen (secondary N) is 1. The van der Waals surface area contributed by atoms with E-state index in [0.29, 0.717) is 25.5 Å². The first-order chi connectivity index (χ1) is 22.4. The fourth-order valence-corrected chi connectivity index (χ4v) is 6.69. The van der Waals surface area contributed by atoms with Gasteiger partial charge in [0.15, 0.2) is 0 Å². The predicted octanol–water partition coefficient (Wildman–Crippen LogP) is 6.96. The van der Waals surface area contributed by atoms with E-state index < -0.39 is 18.1 Å². The summed E-state index contributed by atoms with van der Waals surface area (Å²) in [4.78, 5) is 32.8. The molecule has 6 rings (SSSR count). The van der Waals surface area contributed by atoms with E-state index in [4.69, 9.17) is 4.74 Å². The van der Waals surface area contributed by atoms with Crippen molar-refractivity contribution in [2.24, 2.45) is 5.92 Å². The number of carboxylic acids is 1. The van der Waals surface area contributed by atoms with Crippen molar-refractivity contribution in [3.63, 3.8) is 0 Å². The Morgan fingerprint density at radius 3 is 2.39 bits per heavy atom. The molecule has 1 unspecified atom stereocenters. The van der Waals surface area contributed by atoms with Gasteiger partial charge in [-0.05, 0) is 64.4 Å². The van der Waals surface area contributed by atoms with E-state index >= 15 is 0 Å². The van der Waals surface area contributed by atoms with E-state index in [2.05, 4.69) is 21.8 Å². The number of fused-ring (bicyclic) bond motifs is 1. The van der Waals surface area contributed by atoms with Crippen molar-refractivity contribution >= 4 is 11.9 Å². The highest BCUT2D eigenvalue weighted by Gasteiger charge is 2.35. The van der Waals surface area contributed by atoms with Crippen molar-refractivity contribution in [3.8, 4) is 16.9 Å². The van der Waals surface area contributed by atoms with Crippen LogP contribution in [0.3, 0.4) is 0 Å². The molecule has 0 bridgehead atoms. The Kier molecular flexibility index (Phi) is 9.77. The van der Waals surface area contributed by atoms with E-state index in [1.807, 2.05) is 91.0 Å². The van der Waals surface area contributed by atoms with Crippen LogP contribution in [0.1, 0.15) is 54.5 Å². The lowest BCUT2D eigenvalue weighted by Crippen LogP contribution is -2.54. The molecule has 1 saturated carbocycles. The number of carbonyl (C=O) groups excluding carboxylic acids is 1. The first-order valence-corrected chi connectivity index (χ1v) is 16.2. The second-order valence-electron chi connectivity index (χ2n) is 12.5. The molecule has 0 spiro atoms. The number of aliphatic carboxylic acids is 1. The van der Waals surface area contributed by atoms with Gasteiger partial charge in [0.2, 0.25) is 5.91 Å². The van der Waals surface area contributed by atoms with Crippen molar-refractivity contribution in [2.75, 3.05) is 0 Å². The summed E-state index contributed by atoms with van der Waals surface area (Å²) in [5, 5.41) is 13.0. The summed E-state index contributed by atoms with van der Waals surface area (Å²) in [5.74, 6) is -0.0288. The van der Waals surface area contributed by atoms with Crippen LogP contribution in [-0.2, 0) is 35.6 Å². The van der Waals surface area contributed by atoms with Gasteiger partial charge >= 0.3 is 5.97 Å². The summed E-state index contributed by atoms with van der Waals surface area (Å²) in [6.45, 7) is 5.33. The van der Waals surface area contributed by atoms with E-state index in [-0.39, 0.29) is 12.3 Å². The highest BCUT2D eigenvalue weighted by Crippen LogP contribution is 2.35. The summed E-state index contributed by atoms with van der Waals surface area (Å²) in [5.41, 5.74) is 6.93. The molecular weight excluding hydrogens is 574 g/mol. The minimum atomic E-state index is -1.05. The number of benzene rings is 3. The monoisotopic (exact) mass is 615 g/mol. The molecule has 2 N–H and O–H groups in total. The molecule has 7 nitrogen and oxygen atoms in total. The Hall–Kier alpha value is -4.91. The van der Waals surface area contributed by atoms with Gasteiger partial charge in [0.05, 0.1) is 5.69 Å². The normalized spacial score (nSPS) is 16.8. The van der Waals surface area contributed by atoms with Crippen LogP contribution in [0, 0.1) is 5.92 Å². The lowest BCUT2D eigenvalue weighted by Gasteiger charge is -2.40. The van der Waals surface area contributed by atoms with Crippen LogP contribution in [0.4, 0.5) is 0 Å². The van der Waals surface area contributed by atoms with Crippen LogP contribution in [-0.4, -0.2) is 39.0 Å². The van der Waals surface area contributed by atoms with E-state index in [9.17, 15) is 14.7 Å². The van der Waals surface area contributed by atoms with Crippen LogP contribution in [0.2, 0.25) is 0 Å². The molecule has 4 aromatic rings. The summed E-state index contributed by atoms with van der Waals surface area (Å²) >= 11 is 0. The van der Waals surface area contributed by atoms with E-state index in [0.717, 1.165) is 51.4 Å². The number of hydrogen-bond acceptors (Lipinski definition) is 5. The number of amides is 1. The van der Waals surface area contributed by atoms with E-state index in [1.54, 1.807) is 6.20 Å². The van der Waals surface area contributed by atoms with Gasteiger partial charge < -0.3 is 20.1 Å². The molecule has 236 valence electrons. The zero-order valence-corrected chi connectivity index (χ0v) is 26.1. The van der Waals surface area contributed by atoms with Gasteiger partial charge in [-0.25, -0.2) is 4.79 Å². The number of allylic oxidation sites excluding steroid dienone is 1. The van der Waals surface area contributed by atoms with Crippen molar-refractivity contribution in [1.82, 2.24) is 15.2 Å². The molecule has 46 heavy (non-hydrogen) atoms. The van der Waals surface area contributed by atoms with Gasteiger partial charge in [-0.15, -0.1) is 0 Å². The van der Waals surface area contributed by atoms with Crippen molar-refractivity contribution < 1.29 is 19.4 Å². The smallest absolute Gasteiger partial charge is 0.326 e. The van der Waals surface area contributed by atoms with E-state index in [1.165, 1.54) is 25.7 Å². The number of ether oxygens (including phenoxy) is 1. The fraction of sp³-hybridized carbons (Fsp3) is 0.308. The second-order valence-corrected chi connectivity index (χ2v) is 12.5. The average Bonchev–Trinajstić information content (AvgIpc) is 3.60. The summed E-state index contributed by atoms with van der Waals surface area (Å²) in [6, 6.07) is 28.0. The molecule has 1 aliphatic heterocycles. The van der Waals surface area contributed by atoms with Crippen LogP contribution in [0.25, 0.3) is 11.1 Å². The molecule has 2 aliphatic rings. The number of carboxylic acid groups (broad SMARTS) is 1. The molecule has 1 fully saturated rings. The fourth-order valence-electron chi connectivity index (χ4n) is 6.69. The molecule has 3 aromatic carbocycles. The van der Waals surface area contributed by atoms with Crippen molar-refractivity contribution in [3.05, 3.63) is 132 Å². The summed E-state index contributed by atoms with van der Waals surface area (Å²) in [7, 11) is 0. The Bertz CT molecular complexity index is 1650. The van der Waals surface area contributed by atoms with Gasteiger partial charge in [0.25, 0.3) is 0 Å². The molecule has 1 aromatic heterocycles. The highest BCUT2D eigenvalue weighted by molar-refractivity contribution is 5.87. The lowest BCUT2D eigenvalue weighted by molar-refractivity contribution is -0.142. The molecule has 0 radical (unpaired) electrons. The molecule has 1 aliphatic carbocycles. The van der Waals surface area contributed by atoms with Crippen LogP contribution >= 0.6 is 0 Å². The van der Waals surface area contributed by atoms with Crippen LogP contribution < -0.4 is 10.1 Å². The number of carbonyl (C=O) groups is 2. The molecule has 2 heterocycles. The highest BCUT2D eigenvalue weighted by atomic mass is 16.5. The number of nitrogens with zero attached hydrogens (tertiary/aromatic N) is 2. The van der Waals surface area contributed by atoms with Crippen LogP contribution in [0.5, 0.6) is 5.75 Å². The standard InChI is InChI=1S/C39H41N3O4/c1-27(21-28-9-5-6-10-28)42-25-33-23-35(46-26-34-13-7-8-20-40-34)19-18-32(33)24-37(42)38(43)41-36(39(44)45)22-29-14-16-31(17-15-29)30-11-3-2-4-12-30/h2-4,7-8,11-20,23,28,36-37H,1,5-6,9-10,21-22,24-26H2,(H,41,43)(H,44,45)/t36-,37?/m0/s1. The van der Waals surface area contributed by atoms with Gasteiger partial charge in [0.1, 0.15) is 24.4 Å². The van der Waals surface area contributed by atoms with Gasteiger partial charge in [-0.2, -0.15) is 0 Å². The Balaban J connectivity index is 1.18. The summed E-state index contributed by atoms with van der Waals surface area (Å²) in [6.07, 6.45) is 8.06. The van der Waals surface area contributed by atoms with Crippen molar-refractivity contribution in [1.29, 1.82) is 0 Å². The molecule has 7 heteroatoms. The Morgan fingerprint density at radius 2 is 1.67 bits per heavy atom. The number of aromatic nitrogens is 1. The number of hydrogen-bond donors (Lipinski definition) is 2. The summed E-state index contributed by atoms with van der Waals surface area (Å²) < 4.78 is 6.06. The number of rotatable bonds is 12. The van der Waals surface area contributed by atoms with Crippen molar-refractivity contribution in [2.45, 2.75) is 70.2 Å². The average molecular weight is 616 g/mol. The molecular formula is C39H41N3O4. The first kappa shape index (κ1) is 31.1. The Labute approximate surface area is 271 Å². The SMILES string of the molecule is C=C(CC1CCCC1)N1Cc2cc(OCc3ccccn3)ccc2CC1C(=O)N[C@@H](Cc1ccc(-c2ccccc2)cc1)C(=O)O. The first-order valence-electron chi connectivity index (χ1n) is 16.2. The number of pyridine rings is 1. The third-order valence-electron chi connectivity index (χ3n) is 9.24. The maximum absolute atomic E-state index is 13.9. The van der Waals surface area contributed by atoms with Gasteiger partial charge in [0, 0.05) is 31.3 Å². The lowest BCUT2D eigenvalue weighted by atomic mass is 9.91. The molecule has 0 saturated heterocycles. The van der Waals surface area contributed by atoms with Gasteiger partial charge in [-0.3, -0.25) is 9.78 Å². The third kappa shape index (κ3) is 7.65. The third-order valence-corrected chi connectivity index (χ3v) is 9.24. The van der Waals surface area contributed by atoms with Crippen LogP contribution in [0.15, 0.2) is 109 Å². The van der Waals surface area contributed by atoms with Gasteiger partial charge in [-0.1, -0.05) is 99.0 Å². The zero-order valence-electron chi connectivity index (χ0n) is 26.1. The Morgan fingerprint density at radius 1 is 0.935 bits per heavy atom. The largest absolute Gasteiger partial charge is 0.487 e. The molecule has 1 amide bonds. The quantitative estimate of drug-likeness (QED) is 0.179. The second kappa shape index (κ2) is 14.5. The molecule has 2 atom stereocenters. The maximum Gasteiger partial charge on any atom is 0.326 e.